The van der Waals surface area contributed by atoms with Crippen molar-refractivity contribution in [2.75, 3.05) is 20.3 Å². The number of rotatable bonds is 4. The van der Waals surface area contributed by atoms with Gasteiger partial charge in [0, 0.05) is 13.1 Å². The molecule has 2 N–H and O–H groups in total. The zero-order valence-corrected chi connectivity index (χ0v) is 8.46. The van der Waals surface area contributed by atoms with Crippen LogP contribution in [-0.4, -0.2) is 58.4 Å². The molecule has 4 atom stereocenters. The van der Waals surface area contributed by atoms with Crippen molar-refractivity contribution < 1.29 is 18.9 Å². The highest BCUT2D eigenvalue weighted by atomic mass is 16.7. The van der Waals surface area contributed by atoms with E-state index in [1.165, 1.54) is 0 Å². The first-order chi connectivity index (χ1) is 7.23. The van der Waals surface area contributed by atoms with E-state index in [0.29, 0.717) is 6.61 Å². The molecule has 0 aromatic carbocycles. The van der Waals surface area contributed by atoms with Gasteiger partial charge in [-0.2, -0.15) is 5.10 Å². The fraction of sp³-hybridized carbons (Fsp3) is 0.875. The van der Waals surface area contributed by atoms with Crippen molar-refractivity contribution >= 4 is 14.2 Å². The van der Waals surface area contributed by atoms with Gasteiger partial charge in [-0.05, 0) is 0 Å². The van der Waals surface area contributed by atoms with Crippen LogP contribution in [0.5, 0.6) is 0 Å². The SMILES string of the molecule is [B]C1OC2(CO/C=N/N)COC1C2OC. The van der Waals surface area contributed by atoms with Crippen LogP contribution < -0.4 is 5.84 Å². The summed E-state index contributed by atoms with van der Waals surface area (Å²) in [6.07, 6.45) is 0.717. The van der Waals surface area contributed by atoms with Crippen molar-refractivity contribution in [1.29, 1.82) is 0 Å². The van der Waals surface area contributed by atoms with E-state index in [4.69, 9.17) is 32.6 Å². The number of nitrogens with zero attached hydrogens (tertiary/aromatic N) is 1. The molecule has 2 fully saturated rings. The van der Waals surface area contributed by atoms with Gasteiger partial charge >= 0.3 is 0 Å². The predicted octanol–water partition coefficient (Wildman–Crippen LogP) is -1.42. The molecular weight excluding hydrogens is 199 g/mol. The molecule has 7 heteroatoms. The number of methoxy groups -OCH3 is 1. The minimum atomic E-state index is -0.639. The van der Waals surface area contributed by atoms with Crippen LogP contribution >= 0.6 is 0 Å². The Balaban J connectivity index is 2.05. The summed E-state index contributed by atoms with van der Waals surface area (Å²) in [6, 6.07) is -0.470. The lowest BCUT2D eigenvalue weighted by Crippen LogP contribution is -2.46. The predicted molar refractivity (Wildman–Crippen MR) is 52.5 cm³/mol. The summed E-state index contributed by atoms with van der Waals surface area (Å²) in [5, 5.41) is 3.23. The Kier molecular flexibility index (Phi) is 2.86. The molecule has 82 valence electrons. The molecule has 0 aromatic rings. The molecule has 0 aromatic heterocycles. The normalized spacial score (nSPS) is 43.9. The first-order valence-corrected chi connectivity index (χ1v) is 4.64. The molecule has 2 heterocycles. The van der Waals surface area contributed by atoms with Crippen LogP contribution in [0.1, 0.15) is 0 Å². The monoisotopic (exact) mass is 212 g/mol. The summed E-state index contributed by atoms with van der Waals surface area (Å²) in [7, 11) is 7.33. The Morgan fingerprint density at radius 3 is 3.13 bits per heavy atom. The standard InChI is InChI=1S/C8H13BN2O4/c1-12-6-5-7(9)15-8(6,3-14-5)2-13-4-11-10/h4-7H,2-3,10H2,1H3/b11-4+. The second kappa shape index (κ2) is 4.00. The van der Waals surface area contributed by atoms with Gasteiger partial charge in [0.2, 0.25) is 0 Å². The fourth-order valence-corrected chi connectivity index (χ4v) is 2.14. The van der Waals surface area contributed by atoms with Gasteiger partial charge in [0.05, 0.1) is 6.61 Å². The van der Waals surface area contributed by atoms with Crippen molar-refractivity contribution in [3.8, 4) is 0 Å². The molecule has 0 spiro atoms. The van der Waals surface area contributed by atoms with Crippen molar-refractivity contribution in [2.24, 2.45) is 10.9 Å². The van der Waals surface area contributed by atoms with E-state index in [2.05, 4.69) is 5.10 Å². The van der Waals surface area contributed by atoms with Crippen LogP contribution in [0.3, 0.4) is 0 Å². The first kappa shape index (κ1) is 10.7. The van der Waals surface area contributed by atoms with Crippen LogP contribution in [0, 0.1) is 0 Å². The summed E-state index contributed by atoms with van der Waals surface area (Å²) in [4.78, 5) is 0. The van der Waals surface area contributed by atoms with Crippen LogP contribution in [0.4, 0.5) is 0 Å². The van der Waals surface area contributed by atoms with Crippen molar-refractivity contribution in [3.63, 3.8) is 0 Å². The molecule has 2 radical (unpaired) electrons. The molecular formula is C8H13BN2O4. The van der Waals surface area contributed by atoms with E-state index in [0.717, 1.165) is 6.40 Å². The summed E-state index contributed by atoms with van der Waals surface area (Å²) < 4.78 is 21.5. The number of hydrazone groups is 1. The molecule has 2 bridgehead atoms. The second-order valence-corrected chi connectivity index (χ2v) is 3.64. The maximum Gasteiger partial charge on any atom is 0.192 e. The van der Waals surface area contributed by atoms with E-state index in [1.807, 2.05) is 0 Å². The first-order valence-electron chi connectivity index (χ1n) is 4.64. The van der Waals surface area contributed by atoms with E-state index >= 15 is 0 Å². The third-order valence-electron chi connectivity index (χ3n) is 2.75. The Morgan fingerprint density at radius 1 is 1.73 bits per heavy atom. The minimum Gasteiger partial charge on any atom is -0.479 e. The van der Waals surface area contributed by atoms with E-state index < -0.39 is 11.6 Å². The van der Waals surface area contributed by atoms with Crippen LogP contribution in [0.2, 0.25) is 0 Å². The topological polar surface area (TPSA) is 75.3 Å². The Labute approximate surface area is 89.1 Å². The van der Waals surface area contributed by atoms with Gasteiger partial charge in [-0.25, -0.2) is 0 Å². The zero-order valence-electron chi connectivity index (χ0n) is 8.46. The molecule has 2 saturated heterocycles. The van der Waals surface area contributed by atoms with E-state index in [1.54, 1.807) is 7.11 Å². The highest BCUT2D eigenvalue weighted by molar-refractivity contribution is 6.11. The van der Waals surface area contributed by atoms with Gasteiger partial charge in [-0.3, -0.25) is 0 Å². The summed E-state index contributed by atoms with van der Waals surface area (Å²) >= 11 is 0. The van der Waals surface area contributed by atoms with Gasteiger partial charge in [-0.1, -0.05) is 0 Å². The molecule has 15 heavy (non-hydrogen) atoms. The number of nitrogens with two attached hydrogens (primary N) is 1. The smallest absolute Gasteiger partial charge is 0.192 e. The highest BCUT2D eigenvalue weighted by Gasteiger charge is 2.60. The summed E-state index contributed by atoms with van der Waals surface area (Å²) in [6.45, 7) is 0.665. The number of fused-ring (bicyclic) bond motifs is 2. The van der Waals surface area contributed by atoms with Gasteiger partial charge < -0.3 is 24.8 Å². The van der Waals surface area contributed by atoms with Gasteiger partial charge in [0.15, 0.2) is 12.0 Å². The maximum atomic E-state index is 5.73. The zero-order chi connectivity index (χ0) is 10.9. The van der Waals surface area contributed by atoms with Crippen LogP contribution in [0.15, 0.2) is 5.10 Å². The third kappa shape index (κ3) is 1.60. The molecule has 0 amide bonds. The Morgan fingerprint density at radius 2 is 2.53 bits per heavy atom. The third-order valence-corrected chi connectivity index (χ3v) is 2.75. The number of hydrogen-bond acceptors (Lipinski definition) is 6. The van der Waals surface area contributed by atoms with Crippen LogP contribution in [0.25, 0.3) is 0 Å². The number of hydrogen-bond donors (Lipinski definition) is 1. The average Bonchev–Trinajstić information content (AvgIpc) is 2.69. The quantitative estimate of drug-likeness (QED) is 0.203. The van der Waals surface area contributed by atoms with E-state index in [9.17, 15) is 0 Å². The highest BCUT2D eigenvalue weighted by Crippen LogP contribution is 2.40. The van der Waals surface area contributed by atoms with Crippen molar-refractivity contribution in [3.05, 3.63) is 0 Å². The van der Waals surface area contributed by atoms with Crippen LogP contribution in [-0.2, 0) is 18.9 Å². The molecule has 0 aliphatic carbocycles. The Bertz CT molecular complexity index is 265. The van der Waals surface area contributed by atoms with Gasteiger partial charge in [-0.15, -0.1) is 0 Å². The fourth-order valence-electron chi connectivity index (χ4n) is 2.14. The largest absolute Gasteiger partial charge is 0.479 e. The number of ether oxygens (including phenoxy) is 4. The lowest BCUT2D eigenvalue weighted by atomic mass is 9.92. The minimum absolute atomic E-state index is 0.210. The van der Waals surface area contributed by atoms with Crippen molar-refractivity contribution in [1.82, 2.24) is 0 Å². The molecule has 4 unspecified atom stereocenters. The maximum absolute atomic E-state index is 5.73. The molecule has 2 rings (SSSR count). The molecule has 2 aliphatic rings. The van der Waals surface area contributed by atoms with Crippen molar-refractivity contribution in [2.45, 2.75) is 23.8 Å². The molecule has 6 nitrogen and oxygen atoms in total. The lowest BCUT2D eigenvalue weighted by molar-refractivity contribution is -0.135. The molecule has 0 saturated carbocycles. The van der Waals surface area contributed by atoms with E-state index in [-0.39, 0.29) is 18.8 Å². The second-order valence-electron chi connectivity index (χ2n) is 3.64. The van der Waals surface area contributed by atoms with Gasteiger partial charge in [0.1, 0.15) is 26.7 Å². The lowest BCUT2D eigenvalue weighted by Gasteiger charge is -2.29. The summed E-state index contributed by atoms with van der Waals surface area (Å²) in [5.74, 6) is 4.92. The molecule has 2 aliphatic heterocycles. The average molecular weight is 212 g/mol. The Hall–Kier alpha value is -0.785. The van der Waals surface area contributed by atoms with Gasteiger partial charge in [0.25, 0.3) is 0 Å². The summed E-state index contributed by atoms with van der Waals surface area (Å²) in [5.41, 5.74) is -0.639.